The first-order chi connectivity index (χ1) is 15.8. The summed E-state index contributed by atoms with van der Waals surface area (Å²) in [4.78, 5) is 19.3. The predicted molar refractivity (Wildman–Crippen MR) is 127 cm³/mol. The molecule has 0 radical (unpaired) electrons. The van der Waals surface area contributed by atoms with E-state index >= 15 is 0 Å². The summed E-state index contributed by atoms with van der Waals surface area (Å²) in [5.74, 6) is 0. The monoisotopic (exact) mass is 466 g/mol. The summed E-state index contributed by atoms with van der Waals surface area (Å²) < 4.78 is 28.3. The third-order valence-electron chi connectivity index (χ3n) is 6.46. The van der Waals surface area contributed by atoms with Gasteiger partial charge in [-0.1, -0.05) is 17.7 Å². The summed E-state index contributed by atoms with van der Waals surface area (Å²) in [5.41, 5.74) is 2.62. The van der Waals surface area contributed by atoms with Crippen molar-refractivity contribution in [3.05, 3.63) is 57.9 Å². The van der Waals surface area contributed by atoms with Gasteiger partial charge in [0.1, 0.15) is 0 Å². The first-order valence-electron chi connectivity index (χ1n) is 10.9. The van der Waals surface area contributed by atoms with Crippen LogP contribution in [0.15, 0.2) is 51.1 Å². The number of fused-ring (bicyclic) bond motifs is 3. The number of piperidine rings is 1. The molecule has 0 spiro atoms. The Hall–Kier alpha value is -3.24. The Bertz CT molecular complexity index is 1530. The van der Waals surface area contributed by atoms with Crippen LogP contribution in [0.4, 0.5) is 5.69 Å². The molecule has 172 valence electrons. The molecular weight excluding hydrogens is 440 g/mol. The summed E-state index contributed by atoms with van der Waals surface area (Å²) in [7, 11) is -2.00. The van der Waals surface area contributed by atoms with Crippen LogP contribution in [-0.2, 0) is 9.84 Å². The molecule has 9 nitrogen and oxygen atoms in total. The van der Waals surface area contributed by atoms with Crippen molar-refractivity contribution >= 4 is 32.1 Å². The van der Waals surface area contributed by atoms with Gasteiger partial charge in [-0.2, -0.15) is 4.98 Å². The zero-order chi connectivity index (χ0) is 23.3. The van der Waals surface area contributed by atoms with Crippen LogP contribution in [0.5, 0.6) is 0 Å². The van der Waals surface area contributed by atoms with Crippen LogP contribution in [0.2, 0.25) is 0 Å². The molecule has 0 saturated carbocycles. The maximum atomic E-state index is 13.4. The molecule has 10 heteroatoms. The molecule has 1 aliphatic rings. The van der Waals surface area contributed by atoms with E-state index in [0.717, 1.165) is 37.2 Å². The minimum atomic E-state index is -3.98. The maximum Gasteiger partial charge on any atom is 0.281 e. The van der Waals surface area contributed by atoms with Gasteiger partial charge in [0.2, 0.25) is 14.9 Å². The van der Waals surface area contributed by atoms with Gasteiger partial charge in [-0.15, -0.1) is 5.10 Å². The Balaban J connectivity index is 1.64. The van der Waals surface area contributed by atoms with Gasteiger partial charge in [0.15, 0.2) is 5.65 Å². The third-order valence-corrected chi connectivity index (χ3v) is 8.28. The summed E-state index contributed by atoms with van der Waals surface area (Å²) >= 11 is 0. The standard InChI is InChI=1S/C23H26N6O3S/c1-14-4-7-20(15(2)12-14)33(31,32)23-21-25-22(30)18-6-5-17(13-19(18)29(21)27-26-23)28-10-8-16(24-3)9-11-28/h4-7,12-13,16,24,27H,8-11H2,1-3H3. The van der Waals surface area contributed by atoms with Gasteiger partial charge < -0.3 is 10.2 Å². The van der Waals surface area contributed by atoms with E-state index in [1.807, 2.05) is 26.1 Å². The normalized spacial score (nSPS) is 15.5. The van der Waals surface area contributed by atoms with Gasteiger partial charge in [-0.25, -0.2) is 18.1 Å². The number of benzene rings is 2. The highest BCUT2D eigenvalue weighted by Gasteiger charge is 2.28. The fourth-order valence-electron chi connectivity index (χ4n) is 4.60. The van der Waals surface area contributed by atoms with E-state index < -0.39 is 15.4 Å². The number of anilines is 1. The number of hydrogen-bond acceptors (Lipinski definition) is 7. The molecule has 1 saturated heterocycles. The SMILES string of the molecule is CNC1CCN(c2ccc3c(=O)nc4c(S(=O)(=O)c5ccc(C)cc5C)n[nH]n4c3c2)CC1. The van der Waals surface area contributed by atoms with Crippen LogP contribution in [0.3, 0.4) is 0 Å². The van der Waals surface area contributed by atoms with Gasteiger partial charge in [0, 0.05) is 24.8 Å². The molecule has 2 aromatic carbocycles. The lowest BCUT2D eigenvalue weighted by Crippen LogP contribution is -2.41. The average molecular weight is 467 g/mol. The Labute approximate surface area is 191 Å². The van der Waals surface area contributed by atoms with E-state index in [1.165, 1.54) is 4.52 Å². The van der Waals surface area contributed by atoms with Crippen LogP contribution in [-0.4, -0.2) is 54.4 Å². The van der Waals surface area contributed by atoms with Crippen molar-refractivity contribution in [1.82, 2.24) is 25.1 Å². The van der Waals surface area contributed by atoms with Crippen molar-refractivity contribution in [3.63, 3.8) is 0 Å². The maximum absolute atomic E-state index is 13.4. The Morgan fingerprint density at radius 3 is 2.55 bits per heavy atom. The Morgan fingerprint density at radius 1 is 1.09 bits per heavy atom. The molecule has 33 heavy (non-hydrogen) atoms. The van der Waals surface area contributed by atoms with Gasteiger partial charge in [0.25, 0.3) is 5.56 Å². The molecule has 0 unspecified atom stereocenters. The van der Waals surface area contributed by atoms with Crippen LogP contribution in [0, 0.1) is 13.8 Å². The number of rotatable bonds is 4. The van der Waals surface area contributed by atoms with Crippen molar-refractivity contribution in [1.29, 1.82) is 0 Å². The molecule has 1 aliphatic heterocycles. The van der Waals surface area contributed by atoms with Crippen LogP contribution in [0.25, 0.3) is 16.6 Å². The second-order valence-electron chi connectivity index (χ2n) is 8.62. The topological polar surface area (TPSA) is 112 Å². The fraction of sp³-hybridized carbons (Fsp3) is 0.348. The lowest BCUT2D eigenvalue weighted by molar-refractivity contribution is 0.442. The Morgan fingerprint density at radius 2 is 1.85 bits per heavy atom. The molecule has 2 N–H and O–H groups in total. The number of hydrogen-bond donors (Lipinski definition) is 2. The van der Waals surface area contributed by atoms with E-state index in [-0.39, 0.29) is 15.6 Å². The minimum absolute atomic E-state index is 0.00137. The third kappa shape index (κ3) is 3.59. The predicted octanol–water partition coefficient (Wildman–Crippen LogP) is 2.21. The van der Waals surface area contributed by atoms with Crippen LogP contribution in [0.1, 0.15) is 24.0 Å². The van der Waals surface area contributed by atoms with Crippen molar-refractivity contribution in [2.45, 2.75) is 42.7 Å². The van der Waals surface area contributed by atoms with Crippen LogP contribution >= 0.6 is 0 Å². The first-order valence-corrected chi connectivity index (χ1v) is 12.4. The van der Waals surface area contributed by atoms with Crippen LogP contribution < -0.4 is 15.8 Å². The number of nitrogens with zero attached hydrogens (tertiary/aromatic N) is 4. The zero-order valence-electron chi connectivity index (χ0n) is 18.8. The summed E-state index contributed by atoms with van der Waals surface area (Å²) in [5, 5.41) is 10.3. The number of aromatic nitrogens is 4. The van der Waals surface area contributed by atoms with E-state index in [4.69, 9.17) is 0 Å². The summed E-state index contributed by atoms with van der Waals surface area (Å²) in [6, 6.07) is 11.2. The molecule has 0 bridgehead atoms. The van der Waals surface area contributed by atoms with Gasteiger partial charge in [-0.05, 0) is 63.6 Å². The highest BCUT2D eigenvalue weighted by atomic mass is 32.2. The number of nitrogens with one attached hydrogen (secondary N) is 2. The fourth-order valence-corrected chi connectivity index (χ4v) is 6.08. The largest absolute Gasteiger partial charge is 0.371 e. The quantitative estimate of drug-likeness (QED) is 0.474. The number of aromatic amines is 1. The molecular formula is C23H26N6O3S. The molecule has 2 aromatic heterocycles. The molecule has 0 aliphatic carbocycles. The smallest absolute Gasteiger partial charge is 0.281 e. The molecule has 3 heterocycles. The lowest BCUT2D eigenvalue weighted by atomic mass is 10.0. The number of sulfone groups is 1. The minimum Gasteiger partial charge on any atom is -0.371 e. The molecule has 0 amide bonds. The first kappa shape index (κ1) is 21.6. The average Bonchev–Trinajstić information content (AvgIpc) is 3.23. The van der Waals surface area contributed by atoms with E-state index in [2.05, 4.69) is 25.5 Å². The highest BCUT2D eigenvalue weighted by molar-refractivity contribution is 7.91. The highest BCUT2D eigenvalue weighted by Crippen LogP contribution is 2.28. The lowest BCUT2D eigenvalue weighted by Gasteiger charge is -2.33. The molecule has 4 aromatic rings. The van der Waals surface area contributed by atoms with Crippen molar-refractivity contribution in [2.75, 3.05) is 25.0 Å². The number of H-pyrrole nitrogens is 1. The molecule has 0 atom stereocenters. The summed E-state index contributed by atoms with van der Waals surface area (Å²) in [6.07, 6.45) is 2.06. The van der Waals surface area contributed by atoms with E-state index in [1.54, 1.807) is 31.2 Å². The van der Waals surface area contributed by atoms with Crippen molar-refractivity contribution in [2.24, 2.45) is 0 Å². The van der Waals surface area contributed by atoms with Crippen molar-refractivity contribution < 1.29 is 8.42 Å². The molecule has 1 fully saturated rings. The van der Waals surface area contributed by atoms with Gasteiger partial charge in [-0.3, -0.25) is 4.79 Å². The molecule has 5 rings (SSSR count). The van der Waals surface area contributed by atoms with E-state index in [9.17, 15) is 13.2 Å². The Kier molecular flexibility index (Phi) is 5.21. The van der Waals surface area contributed by atoms with Gasteiger partial charge >= 0.3 is 0 Å². The number of aryl methyl sites for hydroxylation is 2. The second-order valence-corrected chi connectivity index (χ2v) is 10.5. The van der Waals surface area contributed by atoms with Gasteiger partial charge in [0.05, 0.1) is 15.8 Å². The van der Waals surface area contributed by atoms with E-state index in [0.29, 0.717) is 22.5 Å². The van der Waals surface area contributed by atoms with Crippen molar-refractivity contribution in [3.8, 4) is 0 Å². The summed E-state index contributed by atoms with van der Waals surface area (Å²) in [6.45, 7) is 5.44. The zero-order valence-corrected chi connectivity index (χ0v) is 19.6. The second kappa shape index (κ2) is 7.96.